The number of aromatic hydroxyl groups is 1. The lowest BCUT2D eigenvalue weighted by molar-refractivity contribution is 0.0711. The molecule has 0 bridgehead atoms. The molecule has 1 N–H and O–H groups in total. The van der Waals surface area contributed by atoms with Gasteiger partial charge in [-0.2, -0.15) is 0 Å². The van der Waals surface area contributed by atoms with Crippen LogP contribution < -0.4 is 9.64 Å². The van der Waals surface area contributed by atoms with Gasteiger partial charge in [0.15, 0.2) is 11.5 Å². The zero-order valence-electron chi connectivity index (χ0n) is 12.8. The normalized spacial score (nSPS) is 17.4. The fourth-order valence-electron chi connectivity index (χ4n) is 2.96. The highest BCUT2D eigenvalue weighted by molar-refractivity contribution is 6.01. The van der Waals surface area contributed by atoms with Crippen molar-refractivity contribution in [3.05, 3.63) is 53.6 Å². The fourth-order valence-corrected chi connectivity index (χ4v) is 2.96. The molecule has 3 rings (SSSR count). The summed E-state index contributed by atoms with van der Waals surface area (Å²) >= 11 is 0. The third-order valence-corrected chi connectivity index (χ3v) is 4.07. The summed E-state index contributed by atoms with van der Waals surface area (Å²) in [5.74, 6) is 0.454. The van der Waals surface area contributed by atoms with E-state index in [4.69, 9.17) is 4.74 Å². The first-order valence-corrected chi connectivity index (χ1v) is 7.00. The van der Waals surface area contributed by atoms with Crippen molar-refractivity contribution in [2.75, 3.05) is 26.1 Å². The quantitative estimate of drug-likeness (QED) is 0.926. The van der Waals surface area contributed by atoms with Crippen LogP contribution in [0.25, 0.3) is 0 Å². The van der Waals surface area contributed by atoms with Crippen LogP contribution in [0.4, 0.5) is 5.69 Å². The van der Waals surface area contributed by atoms with Crippen LogP contribution >= 0.6 is 0 Å². The highest BCUT2D eigenvalue weighted by atomic mass is 16.5. The molecule has 1 atom stereocenters. The maximum Gasteiger partial charge on any atom is 0.257 e. The molecule has 1 aliphatic heterocycles. The first kappa shape index (κ1) is 14.3. The van der Waals surface area contributed by atoms with Gasteiger partial charge in [-0.15, -0.1) is 0 Å². The Hall–Kier alpha value is -2.69. The van der Waals surface area contributed by atoms with Crippen LogP contribution in [-0.4, -0.2) is 37.1 Å². The van der Waals surface area contributed by atoms with E-state index in [1.165, 1.54) is 7.11 Å². The first-order valence-electron chi connectivity index (χ1n) is 7.00. The second-order valence-electron chi connectivity index (χ2n) is 5.35. The van der Waals surface area contributed by atoms with Gasteiger partial charge >= 0.3 is 0 Å². The van der Waals surface area contributed by atoms with Gasteiger partial charge in [0.1, 0.15) is 6.17 Å². The number of benzene rings is 2. The summed E-state index contributed by atoms with van der Waals surface area (Å²) < 4.78 is 5.17. The van der Waals surface area contributed by atoms with E-state index in [1.807, 2.05) is 36.2 Å². The summed E-state index contributed by atoms with van der Waals surface area (Å²) in [6.45, 7) is 0. The molecule has 22 heavy (non-hydrogen) atoms. The minimum atomic E-state index is -0.253. The number of para-hydroxylation sites is 1. The number of hydrogen-bond acceptors (Lipinski definition) is 4. The molecular weight excluding hydrogens is 280 g/mol. The molecule has 0 radical (unpaired) electrons. The Bertz CT molecular complexity index is 730. The summed E-state index contributed by atoms with van der Waals surface area (Å²) in [4.78, 5) is 16.3. The van der Waals surface area contributed by atoms with Gasteiger partial charge in [-0.3, -0.25) is 4.79 Å². The number of hydrogen-bond donors (Lipinski definition) is 1. The number of carbonyl (C=O) groups excluding carboxylic acids is 1. The van der Waals surface area contributed by atoms with E-state index in [2.05, 4.69) is 0 Å². The molecular formula is C17H18N2O3. The van der Waals surface area contributed by atoms with Crippen LogP contribution in [0.3, 0.4) is 0 Å². The molecule has 1 amide bonds. The monoisotopic (exact) mass is 298 g/mol. The van der Waals surface area contributed by atoms with Gasteiger partial charge in [0.2, 0.25) is 0 Å². The second kappa shape index (κ2) is 5.26. The van der Waals surface area contributed by atoms with E-state index >= 15 is 0 Å². The standard InChI is InChI=1S/C17H18N2O3/c1-18-13-7-5-4-6-12(13)17(21)19(2)16(18)11-8-9-14(20)15(10-11)22-3/h4-10,16,20H,1-3H3/t16-/m1/s1. The largest absolute Gasteiger partial charge is 0.504 e. The number of phenolic OH excluding ortho intramolecular Hbond substituents is 1. The van der Waals surface area contributed by atoms with Crippen LogP contribution in [0.2, 0.25) is 0 Å². The summed E-state index contributed by atoms with van der Waals surface area (Å²) in [6.07, 6.45) is -0.253. The van der Waals surface area contributed by atoms with Crippen molar-refractivity contribution >= 4 is 11.6 Å². The molecule has 1 aliphatic rings. The highest BCUT2D eigenvalue weighted by Crippen LogP contribution is 2.38. The number of phenols is 1. The summed E-state index contributed by atoms with van der Waals surface area (Å²) in [5.41, 5.74) is 2.46. The number of methoxy groups -OCH3 is 1. The number of nitrogens with zero attached hydrogens (tertiary/aromatic N) is 2. The fraction of sp³-hybridized carbons (Fsp3) is 0.235. The summed E-state index contributed by atoms with van der Waals surface area (Å²) in [6, 6.07) is 12.7. The second-order valence-corrected chi connectivity index (χ2v) is 5.35. The maximum absolute atomic E-state index is 12.6. The molecule has 0 saturated heterocycles. The molecule has 5 nitrogen and oxygen atoms in total. The minimum Gasteiger partial charge on any atom is -0.504 e. The van der Waals surface area contributed by atoms with E-state index in [1.54, 1.807) is 30.1 Å². The third kappa shape index (κ3) is 2.06. The van der Waals surface area contributed by atoms with Crippen LogP contribution in [0, 0.1) is 0 Å². The Kier molecular flexibility index (Phi) is 3.41. The van der Waals surface area contributed by atoms with E-state index in [0.29, 0.717) is 11.3 Å². The predicted molar refractivity (Wildman–Crippen MR) is 84.3 cm³/mol. The van der Waals surface area contributed by atoms with Crippen LogP contribution in [0.5, 0.6) is 11.5 Å². The summed E-state index contributed by atoms with van der Waals surface area (Å²) in [7, 11) is 5.23. The zero-order chi connectivity index (χ0) is 15.9. The lowest BCUT2D eigenvalue weighted by atomic mass is 10.0. The van der Waals surface area contributed by atoms with Crippen molar-refractivity contribution in [3.63, 3.8) is 0 Å². The molecule has 1 heterocycles. The smallest absolute Gasteiger partial charge is 0.257 e. The van der Waals surface area contributed by atoms with E-state index < -0.39 is 0 Å². The first-order chi connectivity index (χ1) is 10.5. The maximum atomic E-state index is 12.6. The van der Waals surface area contributed by atoms with E-state index in [-0.39, 0.29) is 17.8 Å². The number of amides is 1. The predicted octanol–water partition coefficient (Wildman–Crippen LogP) is 2.62. The molecule has 2 aromatic carbocycles. The molecule has 0 aromatic heterocycles. The molecule has 2 aromatic rings. The zero-order valence-corrected chi connectivity index (χ0v) is 12.8. The van der Waals surface area contributed by atoms with Crippen LogP contribution in [0.1, 0.15) is 22.1 Å². The van der Waals surface area contributed by atoms with Gasteiger partial charge in [0.25, 0.3) is 5.91 Å². The van der Waals surface area contributed by atoms with Gasteiger partial charge in [-0.05, 0) is 29.8 Å². The van der Waals surface area contributed by atoms with Crippen LogP contribution in [0.15, 0.2) is 42.5 Å². The number of rotatable bonds is 2. The van der Waals surface area contributed by atoms with Crippen molar-refractivity contribution in [1.29, 1.82) is 0 Å². The Morgan fingerprint density at radius 3 is 2.55 bits per heavy atom. The van der Waals surface area contributed by atoms with E-state index in [0.717, 1.165) is 11.3 Å². The van der Waals surface area contributed by atoms with E-state index in [9.17, 15) is 9.90 Å². The Morgan fingerprint density at radius 2 is 1.82 bits per heavy atom. The summed E-state index contributed by atoms with van der Waals surface area (Å²) in [5, 5.41) is 9.76. The Labute approximate surface area is 129 Å². The third-order valence-electron chi connectivity index (χ3n) is 4.07. The molecule has 0 aliphatic carbocycles. The van der Waals surface area contributed by atoms with Gasteiger partial charge in [-0.1, -0.05) is 18.2 Å². The van der Waals surface area contributed by atoms with Crippen molar-refractivity contribution in [2.24, 2.45) is 0 Å². The molecule has 5 heteroatoms. The van der Waals surface area contributed by atoms with Gasteiger partial charge < -0.3 is 19.6 Å². The Balaban J connectivity index is 2.10. The molecule has 0 saturated carbocycles. The minimum absolute atomic E-state index is 0.0225. The van der Waals surface area contributed by atoms with Crippen molar-refractivity contribution in [3.8, 4) is 11.5 Å². The van der Waals surface area contributed by atoms with Gasteiger partial charge in [0.05, 0.1) is 18.4 Å². The van der Waals surface area contributed by atoms with Crippen molar-refractivity contribution in [2.45, 2.75) is 6.17 Å². The van der Waals surface area contributed by atoms with Crippen molar-refractivity contribution in [1.82, 2.24) is 4.90 Å². The molecule has 0 spiro atoms. The van der Waals surface area contributed by atoms with Crippen molar-refractivity contribution < 1.29 is 14.6 Å². The number of fused-ring (bicyclic) bond motifs is 1. The number of carbonyl (C=O) groups is 1. The number of anilines is 1. The molecule has 114 valence electrons. The van der Waals surface area contributed by atoms with Gasteiger partial charge in [0, 0.05) is 14.1 Å². The number of ether oxygens (including phenoxy) is 1. The highest BCUT2D eigenvalue weighted by Gasteiger charge is 2.34. The molecule has 0 fully saturated rings. The van der Waals surface area contributed by atoms with Gasteiger partial charge in [-0.25, -0.2) is 0 Å². The SMILES string of the molecule is COc1cc([C@H]2N(C)C(=O)c3ccccc3N2C)ccc1O. The average Bonchev–Trinajstić information content (AvgIpc) is 2.54. The lowest BCUT2D eigenvalue weighted by Gasteiger charge is -2.42. The van der Waals surface area contributed by atoms with Crippen LogP contribution in [-0.2, 0) is 0 Å². The topological polar surface area (TPSA) is 53.0 Å². The Morgan fingerprint density at radius 1 is 1.09 bits per heavy atom. The lowest BCUT2D eigenvalue weighted by Crippen LogP contribution is -2.45. The average molecular weight is 298 g/mol. The molecule has 0 unspecified atom stereocenters.